The number of carboxylic acid groups (broad SMARTS) is 1. The summed E-state index contributed by atoms with van der Waals surface area (Å²) in [6, 6.07) is 4.86. The summed E-state index contributed by atoms with van der Waals surface area (Å²) in [5.74, 6) is -0.568. The van der Waals surface area contributed by atoms with Crippen LogP contribution in [0.3, 0.4) is 0 Å². The molecule has 0 aliphatic carbocycles. The molecule has 0 fully saturated rings. The van der Waals surface area contributed by atoms with Crippen molar-refractivity contribution in [2.75, 3.05) is 19.5 Å². The largest absolute Gasteiger partial charge is 0.504 e. The van der Waals surface area contributed by atoms with Gasteiger partial charge in [-0.2, -0.15) is 0 Å². The number of phenolic OH excluding ortho intramolecular Hbond substituents is 1. The van der Waals surface area contributed by atoms with Gasteiger partial charge in [0.05, 0.1) is 6.61 Å². The van der Waals surface area contributed by atoms with Crippen molar-refractivity contribution in [3.05, 3.63) is 18.2 Å². The van der Waals surface area contributed by atoms with Crippen LogP contribution in [0.15, 0.2) is 18.2 Å². The highest BCUT2D eigenvalue weighted by atomic mass is 35.5. The number of aromatic hydroxyl groups is 1. The van der Waals surface area contributed by atoms with Gasteiger partial charge < -0.3 is 29.7 Å². The summed E-state index contributed by atoms with van der Waals surface area (Å²) in [6.07, 6.45) is -0.995. The van der Waals surface area contributed by atoms with Crippen LogP contribution in [-0.4, -0.2) is 41.8 Å². The van der Waals surface area contributed by atoms with Crippen LogP contribution < -0.4 is 14.8 Å². The van der Waals surface area contributed by atoms with E-state index in [0.29, 0.717) is 12.4 Å². The van der Waals surface area contributed by atoms with Gasteiger partial charge in [0, 0.05) is 7.05 Å². The summed E-state index contributed by atoms with van der Waals surface area (Å²) < 4.78 is 16.1. The zero-order valence-corrected chi connectivity index (χ0v) is 11.8. The lowest BCUT2D eigenvalue weighted by Gasteiger charge is -2.23. The van der Waals surface area contributed by atoms with Gasteiger partial charge in [-0.3, -0.25) is 0 Å². The van der Waals surface area contributed by atoms with Crippen molar-refractivity contribution in [2.45, 2.75) is 12.9 Å². The number of carbonyl (C=O) groups is 1. The van der Waals surface area contributed by atoms with Gasteiger partial charge in [0.25, 0.3) is 0 Å². The normalized spacial score (nSPS) is 18.9. The monoisotopic (exact) mass is 305 g/mol. The maximum absolute atomic E-state index is 9.52. The first-order valence-corrected chi connectivity index (χ1v) is 6.32. The Kier molecular flexibility index (Phi) is 5.72. The SMILES string of the molecule is CCOC1(CCl)Oc2cccc(O)c2O1.CNC(=O)O. The summed E-state index contributed by atoms with van der Waals surface area (Å²) in [5, 5.41) is 19.1. The summed E-state index contributed by atoms with van der Waals surface area (Å²) >= 11 is 5.73. The van der Waals surface area contributed by atoms with E-state index in [1.54, 1.807) is 12.1 Å². The topological polar surface area (TPSA) is 97.3 Å². The van der Waals surface area contributed by atoms with Gasteiger partial charge in [-0.15, -0.1) is 11.6 Å². The van der Waals surface area contributed by atoms with Crippen LogP contribution in [0.2, 0.25) is 0 Å². The Bertz CT molecular complexity index is 469. The Morgan fingerprint density at radius 1 is 1.50 bits per heavy atom. The minimum absolute atomic E-state index is 0.0131. The molecule has 0 bridgehead atoms. The fourth-order valence-corrected chi connectivity index (χ4v) is 1.59. The molecule has 1 unspecified atom stereocenters. The van der Waals surface area contributed by atoms with E-state index in [2.05, 4.69) is 0 Å². The molecule has 1 aliphatic rings. The molecule has 1 atom stereocenters. The summed E-state index contributed by atoms with van der Waals surface area (Å²) in [6.45, 7) is 2.21. The summed E-state index contributed by atoms with van der Waals surface area (Å²) in [5.41, 5.74) is 0. The Morgan fingerprint density at radius 3 is 2.60 bits per heavy atom. The first-order chi connectivity index (χ1) is 9.48. The fraction of sp³-hybridized carbons (Fsp3) is 0.417. The highest BCUT2D eigenvalue weighted by Crippen LogP contribution is 2.45. The van der Waals surface area contributed by atoms with Gasteiger partial charge >= 0.3 is 12.1 Å². The molecule has 3 N–H and O–H groups in total. The Morgan fingerprint density at radius 2 is 2.15 bits per heavy atom. The minimum Gasteiger partial charge on any atom is -0.504 e. The first-order valence-electron chi connectivity index (χ1n) is 5.78. The second-order valence-electron chi connectivity index (χ2n) is 3.61. The molecule has 112 valence electrons. The highest BCUT2D eigenvalue weighted by Gasteiger charge is 2.43. The number of phenols is 1. The van der Waals surface area contributed by atoms with E-state index >= 15 is 0 Å². The van der Waals surface area contributed by atoms with Crippen molar-refractivity contribution < 1.29 is 29.2 Å². The number of halogens is 1. The molecule has 1 amide bonds. The molecule has 0 saturated carbocycles. The summed E-state index contributed by atoms with van der Waals surface area (Å²) in [7, 11) is 1.35. The van der Waals surface area contributed by atoms with E-state index in [-0.39, 0.29) is 17.4 Å². The van der Waals surface area contributed by atoms with Gasteiger partial charge in [-0.1, -0.05) is 6.07 Å². The van der Waals surface area contributed by atoms with Crippen LogP contribution in [0.5, 0.6) is 17.2 Å². The maximum Gasteiger partial charge on any atom is 0.404 e. The number of fused-ring (bicyclic) bond motifs is 1. The third-order valence-electron chi connectivity index (χ3n) is 2.22. The smallest absolute Gasteiger partial charge is 0.404 e. The van der Waals surface area contributed by atoms with Gasteiger partial charge in [-0.25, -0.2) is 4.79 Å². The van der Waals surface area contributed by atoms with Crippen molar-refractivity contribution >= 4 is 17.7 Å². The second kappa shape index (κ2) is 7.06. The lowest BCUT2D eigenvalue weighted by Crippen LogP contribution is -2.43. The van der Waals surface area contributed by atoms with Crippen molar-refractivity contribution in [1.82, 2.24) is 5.32 Å². The quantitative estimate of drug-likeness (QED) is 0.739. The Labute approximate surface area is 121 Å². The van der Waals surface area contributed by atoms with Crippen LogP contribution in [0.4, 0.5) is 4.79 Å². The van der Waals surface area contributed by atoms with E-state index < -0.39 is 12.1 Å². The van der Waals surface area contributed by atoms with E-state index in [1.807, 2.05) is 12.2 Å². The number of hydrogen-bond acceptors (Lipinski definition) is 5. The molecule has 7 nitrogen and oxygen atoms in total. The number of benzene rings is 1. The van der Waals surface area contributed by atoms with Crippen LogP contribution in [0.25, 0.3) is 0 Å². The lowest BCUT2D eigenvalue weighted by atomic mass is 10.3. The molecule has 0 spiro atoms. The Hall–Kier alpha value is -1.86. The standard InChI is InChI=1S/C10H11ClO4.C2H5NO2/c1-2-13-10(6-11)14-8-5-3-4-7(12)9(8)15-10;1-3-2(4)5/h3-5,12H,2,6H2,1H3;3H,1H3,(H,4,5). The number of alkyl halides is 1. The Balaban J connectivity index is 0.000000347. The minimum atomic E-state index is -1.31. The number of nitrogens with one attached hydrogen (secondary N) is 1. The molecule has 1 aromatic carbocycles. The zero-order chi connectivity index (χ0) is 15.2. The van der Waals surface area contributed by atoms with Crippen molar-refractivity contribution in [3.63, 3.8) is 0 Å². The molecule has 1 aliphatic heterocycles. The summed E-state index contributed by atoms with van der Waals surface area (Å²) in [4.78, 5) is 9.26. The zero-order valence-electron chi connectivity index (χ0n) is 11.1. The highest BCUT2D eigenvalue weighted by molar-refractivity contribution is 6.18. The molecule has 0 aromatic heterocycles. The van der Waals surface area contributed by atoms with Crippen molar-refractivity contribution in [1.29, 1.82) is 0 Å². The van der Waals surface area contributed by atoms with Gasteiger partial charge in [0.15, 0.2) is 11.5 Å². The predicted octanol–water partition coefficient (Wildman–Crippen LogP) is 1.98. The predicted molar refractivity (Wildman–Crippen MR) is 71.5 cm³/mol. The molecule has 0 saturated heterocycles. The number of rotatable bonds is 3. The average Bonchev–Trinajstić information content (AvgIpc) is 2.80. The van der Waals surface area contributed by atoms with E-state index in [9.17, 15) is 9.90 Å². The molecule has 20 heavy (non-hydrogen) atoms. The first kappa shape index (κ1) is 16.2. The van der Waals surface area contributed by atoms with E-state index in [1.165, 1.54) is 13.1 Å². The lowest BCUT2D eigenvalue weighted by molar-refractivity contribution is -0.264. The van der Waals surface area contributed by atoms with Crippen molar-refractivity contribution in [2.24, 2.45) is 0 Å². The average molecular weight is 306 g/mol. The number of para-hydroxylation sites is 1. The molecule has 1 aromatic rings. The van der Waals surface area contributed by atoms with E-state index in [0.717, 1.165) is 0 Å². The van der Waals surface area contributed by atoms with Crippen LogP contribution >= 0.6 is 11.6 Å². The van der Waals surface area contributed by atoms with Crippen LogP contribution in [0.1, 0.15) is 6.92 Å². The van der Waals surface area contributed by atoms with Gasteiger partial charge in [-0.05, 0) is 19.1 Å². The second-order valence-corrected chi connectivity index (χ2v) is 3.88. The molecule has 8 heteroatoms. The molecule has 0 radical (unpaired) electrons. The third-order valence-corrected chi connectivity index (χ3v) is 2.55. The molecule has 1 heterocycles. The van der Waals surface area contributed by atoms with Gasteiger partial charge in [0.1, 0.15) is 5.88 Å². The molecule has 2 rings (SSSR count). The number of hydrogen-bond donors (Lipinski definition) is 3. The van der Waals surface area contributed by atoms with Crippen LogP contribution in [0, 0.1) is 0 Å². The van der Waals surface area contributed by atoms with Crippen LogP contribution in [-0.2, 0) is 4.74 Å². The van der Waals surface area contributed by atoms with E-state index in [4.69, 9.17) is 30.9 Å². The van der Waals surface area contributed by atoms with Crippen molar-refractivity contribution in [3.8, 4) is 17.2 Å². The third kappa shape index (κ3) is 3.82. The maximum atomic E-state index is 9.52. The molecular formula is C12H16ClNO6. The fourth-order valence-electron chi connectivity index (χ4n) is 1.40. The van der Waals surface area contributed by atoms with Gasteiger partial charge in [0.2, 0.25) is 5.75 Å². The number of amides is 1. The molecular weight excluding hydrogens is 290 g/mol. The number of ether oxygens (including phenoxy) is 3.